The van der Waals surface area contributed by atoms with E-state index in [2.05, 4.69) is 91.1 Å². The van der Waals surface area contributed by atoms with Crippen LogP contribution in [0, 0.1) is 10.8 Å². The van der Waals surface area contributed by atoms with E-state index in [0.29, 0.717) is 16.9 Å². The van der Waals surface area contributed by atoms with Gasteiger partial charge < -0.3 is 4.52 Å². The third kappa shape index (κ3) is 21.5. The van der Waals surface area contributed by atoms with E-state index in [1.54, 1.807) is 0 Å². The van der Waals surface area contributed by atoms with E-state index < -0.39 is 0 Å². The van der Waals surface area contributed by atoms with Crippen LogP contribution in [0.5, 0.6) is 0 Å². The number of hydrogen-bond donors (Lipinski definition) is 0. The Morgan fingerprint density at radius 3 is 1.48 bits per heavy atom. The molecule has 0 aromatic carbocycles. The van der Waals surface area contributed by atoms with E-state index in [1.165, 1.54) is 32.1 Å². The Hall–Kier alpha value is 2.97. The molecule has 0 saturated heterocycles. The second kappa shape index (κ2) is 15.8. The highest BCUT2D eigenvalue weighted by molar-refractivity contribution is 8.96. The van der Waals surface area contributed by atoms with Gasteiger partial charge in [-0.25, -0.2) is 0 Å². The molecule has 25 heavy (non-hydrogen) atoms. The zero-order chi connectivity index (χ0) is 20.3. The predicted molar refractivity (Wildman–Crippen MR) is 142 cm³/mol. The summed E-state index contributed by atoms with van der Waals surface area (Å²) < 4.78 is 6.36. The molecule has 5 atom stereocenters. The maximum Gasteiger partial charge on any atom is 0.0925 e. The van der Waals surface area contributed by atoms with Crippen LogP contribution in [0.3, 0.4) is 0 Å². The van der Waals surface area contributed by atoms with Crippen molar-refractivity contribution in [3.63, 3.8) is 0 Å². The fraction of sp³-hybridized carbons (Fsp3) is 1.00. The molecule has 0 aromatic rings. The molecular weight excluding hydrogens is 437 g/mol. The minimum atomic E-state index is -0.290. The van der Waals surface area contributed by atoms with Gasteiger partial charge in [-0.3, -0.25) is 0 Å². The zero-order valence-corrected chi connectivity index (χ0v) is 25.2. The molecule has 0 heterocycles. The maximum atomic E-state index is 6.36. The monoisotopic (exact) mass is 482 g/mol. The van der Waals surface area contributed by atoms with Crippen LogP contribution in [0.15, 0.2) is 0 Å². The van der Waals surface area contributed by atoms with Gasteiger partial charge in [0.1, 0.15) is 0 Å². The lowest BCUT2D eigenvalue weighted by Crippen LogP contribution is -2.13. The average Bonchev–Trinajstić information content (AvgIpc) is 2.43. The fourth-order valence-corrected chi connectivity index (χ4v) is 35.0. The van der Waals surface area contributed by atoms with Crippen LogP contribution >= 0.6 is 57.2 Å². The van der Waals surface area contributed by atoms with E-state index in [-0.39, 0.29) is 21.5 Å². The maximum absolute atomic E-state index is 6.36. The number of hydrogen-bond acceptors (Lipinski definition) is 1. The Morgan fingerprint density at radius 2 is 1.24 bits per heavy atom. The summed E-state index contributed by atoms with van der Waals surface area (Å²) in [6.45, 7) is 18.0. The molecule has 1 nitrogen and oxygen atoms in total. The van der Waals surface area contributed by atoms with Crippen molar-refractivity contribution in [2.75, 3.05) is 0 Å². The lowest BCUT2D eigenvalue weighted by molar-refractivity contribution is 0.190. The quantitative estimate of drug-likeness (QED) is 0.297. The Balaban J connectivity index is 0. The minimum Gasteiger partial charge on any atom is -0.346 e. The molecule has 0 spiro atoms. The fourth-order valence-electron chi connectivity index (χ4n) is 1.99. The minimum absolute atomic E-state index is 0.117. The van der Waals surface area contributed by atoms with Crippen molar-refractivity contribution < 1.29 is 4.52 Å². The molecule has 0 saturated carbocycles. The number of unbranched alkanes of at least 4 members (excludes halogenated alkanes) is 1. The first-order chi connectivity index (χ1) is 11.2. The van der Waals surface area contributed by atoms with Crippen molar-refractivity contribution in [3.05, 3.63) is 0 Å². The lowest BCUT2D eigenvalue weighted by atomic mass is 9.89. The van der Waals surface area contributed by atoms with E-state index in [4.69, 9.17) is 4.52 Å². The van der Waals surface area contributed by atoms with Crippen molar-refractivity contribution in [2.24, 2.45) is 10.8 Å². The van der Waals surface area contributed by atoms with Gasteiger partial charge in [0.2, 0.25) is 0 Å². The van der Waals surface area contributed by atoms with E-state index >= 15 is 0 Å². The molecule has 0 aromatic heterocycles. The molecule has 0 fully saturated rings. The molecule has 0 aliphatic carbocycles. The van der Waals surface area contributed by atoms with E-state index in [0.717, 1.165) is 6.42 Å². The molecular formula is C17H45OP7. The zero-order valence-electron chi connectivity index (χ0n) is 17.9. The summed E-state index contributed by atoms with van der Waals surface area (Å²) in [4.78, 5) is 0. The normalized spacial score (nSPS) is 14.0. The predicted octanol–water partition coefficient (Wildman–Crippen LogP) is 10.2. The van der Waals surface area contributed by atoms with Crippen LogP contribution < -0.4 is 0 Å². The Kier molecular flexibility index (Phi) is 19.0. The van der Waals surface area contributed by atoms with Crippen LogP contribution in [0.1, 0.15) is 93.9 Å². The van der Waals surface area contributed by atoms with Crippen molar-refractivity contribution in [3.8, 4) is 0 Å². The third-order valence-corrected chi connectivity index (χ3v) is 26.1. The largest absolute Gasteiger partial charge is 0.346 e. The first-order valence-corrected chi connectivity index (χ1v) is 21.1. The van der Waals surface area contributed by atoms with Crippen molar-refractivity contribution >= 4 is 57.2 Å². The highest BCUT2D eigenvalue weighted by atomic mass is 33.0. The molecule has 0 radical (unpaired) electrons. The second-order valence-corrected chi connectivity index (χ2v) is 32.5. The first kappa shape index (κ1) is 30.2. The summed E-state index contributed by atoms with van der Waals surface area (Å²) >= 11 is 0. The molecule has 154 valence electrons. The summed E-state index contributed by atoms with van der Waals surface area (Å²) in [6, 6.07) is 0. The van der Waals surface area contributed by atoms with Crippen molar-refractivity contribution in [1.82, 2.24) is 0 Å². The molecule has 0 N–H and O–H groups in total. The summed E-state index contributed by atoms with van der Waals surface area (Å²) in [7, 11) is 11.4. The molecule has 0 aliphatic rings. The topological polar surface area (TPSA) is 9.23 Å². The van der Waals surface area contributed by atoms with Crippen LogP contribution in [-0.2, 0) is 4.52 Å². The molecule has 0 bridgehead atoms. The van der Waals surface area contributed by atoms with Gasteiger partial charge in [-0.15, -0.1) is 35.7 Å². The Morgan fingerprint density at radius 1 is 0.800 bits per heavy atom. The van der Waals surface area contributed by atoms with Crippen LogP contribution in [0.4, 0.5) is 0 Å². The summed E-state index contributed by atoms with van der Waals surface area (Å²) in [5.41, 5.74) is 0.967. The van der Waals surface area contributed by atoms with Gasteiger partial charge in [-0.05, 0) is 50.5 Å². The summed E-state index contributed by atoms with van der Waals surface area (Å²) in [6.07, 6.45) is 8.08. The Labute approximate surface area is 172 Å². The molecule has 8 heteroatoms. The highest BCUT2D eigenvalue weighted by Gasteiger charge is 2.24. The SMILES string of the molecule is CCC(CCC(C)(C)C)OP(P(P)P)P(P)P.CCCCC(C)(C)C. The first-order valence-electron chi connectivity index (χ1n) is 9.29. The standard InChI is InChI=1S/C9H27OP7.C8H18/c1-5-8(6-7-9(2,3)4)10-15(16(11)12)17(13)14;1-5-6-7-8(2,3)4/h8H,5-7,11-14H2,1-4H3;5-7H2,1-4H3. The third-order valence-electron chi connectivity index (χ3n) is 3.59. The highest BCUT2D eigenvalue weighted by Crippen LogP contribution is 2.97. The smallest absolute Gasteiger partial charge is 0.0925 e. The average molecular weight is 482 g/mol. The molecule has 0 amide bonds. The van der Waals surface area contributed by atoms with Gasteiger partial charge in [-0.2, -0.15) is 0 Å². The van der Waals surface area contributed by atoms with E-state index in [9.17, 15) is 0 Å². The van der Waals surface area contributed by atoms with Crippen molar-refractivity contribution in [2.45, 2.75) is 100 Å². The van der Waals surface area contributed by atoms with Crippen LogP contribution in [-0.4, -0.2) is 6.10 Å². The van der Waals surface area contributed by atoms with Crippen LogP contribution in [0.25, 0.3) is 0 Å². The van der Waals surface area contributed by atoms with E-state index in [1.807, 2.05) is 0 Å². The molecule has 0 aliphatic heterocycles. The van der Waals surface area contributed by atoms with Gasteiger partial charge in [0, 0.05) is 0 Å². The summed E-state index contributed by atoms with van der Waals surface area (Å²) in [5.74, 6) is 0. The Bertz CT molecular complexity index is 303. The molecule has 5 unspecified atom stereocenters. The van der Waals surface area contributed by atoms with Crippen LogP contribution in [0.2, 0.25) is 0 Å². The number of rotatable bonds is 9. The van der Waals surface area contributed by atoms with Gasteiger partial charge >= 0.3 is 0 Å². The van der Waals surface area contributed by atoms with Gasteiger partial charge in [0.25, 0.3) is 0 Å². The lowest BCUT2D eigenvalue weighted by Gasteiger charge is -2.30. The summed E-state index contributed by atoms with van der Waals surface area (Å²) in [5, 5.41) is 0. The van der Waals surface area contributed by atoms with Crippen molar-refractivity contribution in [1.29, 1.82) is 0 Å². The van der Waals surface area contributed by atoms with Gasteiger partial charge in [0.15, 0.2) is 0 Å². The van der Waals surface area contributed by atoms with Gasteiger partial charge in [0.05, 0.1) is 13.6 Å². The van der Waals surface area contributed by atoms with Gasteiger partial charge in [-0.1, -0.05) is 68.2 Å². The molecule has 0 rings (SSSR count). The second-order valence-electron chi connectivity index (χ2n) is 8.91.